The Morgan fingerprint density at radius 2 is 2.22 bits per heavy atom. The summed E-state index contributed by atoms with van der Waals surface area (Å²) in [5.41, 5.74) is 0.393. The topological polar surface area (TPSA) is 84.2 Å². The van der Waals surface area contributed by atoms with Crippen LogP contribution in [0.25, 0.3) is 11.4 Å². The van der Waals surface area contributed by atoms with Crippen LogP contribution in [0.3, 0.4) is 0 Å². The van der Waals surface area contributed by atoms with E-state index < -0.39 is 12.1 Å². The molecule has 1 N–H and O–H groups in total. The lowest BCUT2D eigenvalue weighted by atomic mass is 10.2. The normalized spacial score (nSPS) is 19.2. The van der Waals surface area contributed by atoms with Crippen molar-refractivity contribution in [3.8, 4) is 11.4 Å². The number of pyridine rings is 1. The van der Waals surface area contributed by atoms with Crippen LogP contribution in [0.4, 0.5) is 13.2 Å². The molecule has 3 rings (SSSR count). The number of halogens is 3. The first-order valence-corrected chi connectivity index (χ1v) is 8.66. The van der Waals surface area contributed by atoms with E-state index in [1.165, 1.54) is 18.3 Å². The summed E-state index contributed by atoms with van der Waals surface area (Å²) in [6, 6.07) is 3.31. The summed E-state index contributed by atoms with van der Waals surface area (Å²) in [6.07, 6.45) is -1.14. The lowest BCUT2D eigenvalue weighted by Gasteiger charge is -2.25. The molecular weight excluding hydrogens is 363 g/mol. The average molecular weight is 383 g/mol. The van der Waals surface area contributed by atoms with Gasteiger partial charge in [0.25, 0.3) is 5.91 Å². The average Bonchev–Trinajstić information content (AvgIpc) is 3.24. The number of carbonyl (C=O) groups excluding carboxylic acids is 1. The zero-order chi connectivity index (χ0) is 19.6. The van der Waals surface area contributed by atoms with E-state index in [0.717, 1.165) is 25.9 Å². The van der Waals surface area contributed by atoms with Crippen molar-refractivity contribution >= 4 is 5.91 Å². The number of carbonyl (C=O) groups is 1. The molecule has 2 unspecified atom stereocenters. The molecule has 2 aromatic rings. The Balaban J connectivity index is 1.61. The second-order valence-electron chi connectivity index (χ2n) is 6.71. The number of hydrogen-bond acceptors (Lipinski definition) is 6. The fourth-order valence-electron chi connectivity index (χ4n) is 3.08. The van der Waals surface area contributed by atoms with Crippen molar-refractivity contribution in [2.75, 3.05) is 13.1 Å². The monoisotopic (exact) mass is 383 g/mol. The number of rotatable bonds is 5. The molecule has 0 aliphatic carbocycles. The fraction of sp³-hybridized carbons (Fsp3) is 0.529. The molecule has 2 aromatic heterocycles. The van der Waals surface area contributed by atoms with Gasteiger partial charge in [0.15, 0.2) is 0 Å². The maximum Gasteiger partial charge on any atom is 0.471 e. The van der Waals surface area contributed by atoms with Crippen molar-refractivity contribution in [3.05, 3.63) is 29.9 Å². The summed E-state index contributed by atoms with van der Waals surface area (Å²) in [6.45, 7) is 5.88. The standard InChI is InChI=1S/C17H20F3N5O2/c1-10(9-25-7-3-4-11(25)2)22-15(26)13-6-5-12(8-21-13)14-23-16(27-24-14)17(18,19)20/h5-6,8,10-11H,3-4,7,9H2,1-2H3,(H,22,26). The molecule has 1 aliphatic rings. The van der Waals surface area contributed by atoms with Gasteiger partial charge in [0.1, 0.15) is 5.69 Å². The van der Waals surface area contributed by atoms with Gasteiger partial charge in [-0.2, -0.15) is 18.2 Å². The molecule has 7 nitrogen and oxygen atoms in total. The first kappa shape index (κ1) is 19.3. The van der Waals surface area contributed by atoms with Gasteiger partial charge in [0.2, 0.25) is 5.82 Å². The molecule has 0 radical (unpaired) electrons. The van der Waals surface area contributed by atoms with E-state index in [1.54, 1.807) is 0 Å². The van der Waals surface area contributed by atoms with E-state index >= 15 is 0 Å². The Morgan fingerprint density at radius 1 is 1.44 bits per heavy atom. The van der Waals surface area contributed by atoms with Crippen molar-refractivity contribution in [3.63, 3.8) is 0 Å². The van der Waals surface area contributed by atoms with Gasteiger partial charge >= 0.3 is 12.1 Å². The third-order valence-electron chi connectivity index (χ3n) is 4.50. The second-order valence-corrected chi connectivity index (χ2v) is 6.71. The number of nitrogens with zero attached hydrogens (tertiary/aromatic N) is 4. The summed E-state index contributed by atoms with van der Waals surface area (Å²) < 4.78 is 41.7. The zero-order valence-electron chi connectivity index (χ0n) is 15.0. The van der Waals surface area contributed by atoms with E-state index in [0.29, 0.717) is 6.04 Å². The highest BCUT2D eigenvalue weighted by molar-refractivity contribution is 5.92. The largest absolute Gasteiger partial charge is 0.471 e. The van der Waals surface area contributed by atoms with Gasteiger partial charge < -0.3 is 9.84 Å². The summed E-state index contributed by atoms with van der Waals surface area (Å²) in [5.74, 6) is -2.01. The predicted octanol–water partition coefficient (Wildman–Crippen LogP) is 2.75. The van der Waals surface area contributed by atoms with Crippen LogP contribution in [0, 0.1) is 0 Å². The van der Waals surface area contributed by atoms with Crippen LogP contribution in [-0.2, 0) is 6.18 Å². The number of alkyl halides is 3. The molecule has 1 amide bonds. The molecule has 0 saturated carbocycles. The quantitative estimate of drug-likeness (QED) is 0.855. The van der Waals surface area contributed by atoms with Crippen molar-refractivity contribution in [2.45, 2.75) is 44.9 Å². The molecule has 1 fully saturated rings. The molecule has 1 aliphatic heterocycles. The number of amides is 1. The van der Waals surface area contributed by atoms with Crippen LogP contribution in [0.5, 0.6) is 0 Å². The molecule has 0 spiro atoms. The number of likely N-dealkylation sites (tertiary alicyclic amines) is 1. The Labute approximate surface area is 154 Å². The molecule has 0 aromatic carbocycles. The molecule has 27 heavy (non-hydrogen) atoms. The maximum absolute atomic E-state index is 12.5. The Hall–Kier alpha value is -2.49. The molecular formula is C17H20F3N5O2. The molecule has 146 valence electrons. The highest BCUT2D eigenvalue weighted by Crippen LogP contribution is 2.29. The van der Waals surface area contributed by atoms with E-state index in [1.807, 2.05) is 6.92 Å². The van der Waals surface area contributed by atoms with Crippen molar-refractivity contribution in [1.29, 1.82) is 0 Å². The fourth-order valence-corrected chi connectivity index (χ4v) is 3.08. The van der Waals surface area contributed by atoms with Gasteiger partial charge in [0, 0.05) is 30.4 Å². The summed E-state index contributed by atoms with van der Waals surface area (Å²) in [4.78, 5) is 21.9. The predicted molar refractivity (Wildman–Crippen MR) is 89.7 cm³/mol. The van der Waals surface area contributed by atoms with Crippen LogP contribution in [0.15, 0.2) is 22.9 Å². The van der Waals surface area contributed by atoms with E-state index in [2.05, 4.69) is 36.8 Å². The number of nitrogens with one attached hydrogen (secondary N) is 1. The highest BCUT2D eigenvalue weighted by Gasteiger charge is 2.38. The number of hydrogen-bond donors (Lipinski definition) is 1. The van der Waals surface area contributed by atoms with Crippen LogP contribution < -0.4 is 5.32 Å². The Morgan fingerprint density at radius 3 is 2.78 bits per heavy atom. The molecule has 10 heteroatoms. The van der Waals surface area contributed by atoms with Gasteiger partial charge in [-0.25, -0.2) is 0 Å². The van der Waals surface area contributed by atoms with Crippen LogP contribution in [-0.4, -0.2) is 51.1 Å². The molecule has 3 heterocycles. The maximum atomic E-state index is 12.5. The third-order valence-corrected chi connectivity index (χ3v) is 4.50. The zero-order valence-corrected chi connectivity index (χ0v) is 15.0. The van der Waals surface area contributed by atoms with Gasteiger partial charge in [-0.3, -0.25) is 14.7 Å². The lowest BCUT2D eigenvalue weighted by Crippen LogP contribution is -2.43. The van der Waals surface area contributed by atoms with Crippen LogP contribution in [0.1, 0.15) is 43.1 Å². The smallest absolute Gasteiger partial charge is 0.347 e. The van der Waals surface area contributed by atoms with E-state index in [4.69, 9.17) is 0 Å². The minimum atomic E-state index is -4.71. The molecule has 2 atom stereocenters. The van der Waals surface area contributed by atoms with E-state index in [-0.39, 0.29) is 29.0 Å². The first-order chi connectivity index (χ1) is 12.7. The minimum Gasteiger partial charge on any atom is -0.347 e. The highest BCUT2D eigenvalue weighted by atomic mass is 19.4. The summed E-state index contributed by atoms with van der Waals surface area (Å²) >= 11 is 0. The van der Waals surface area contributed by atoms with Gasteiger partial charge in [-0.15, -0.1) is 0 Å². The van der Waals surface area contributed by atoms with Gasteiger partial charge in [0.05, 0.1) is 0 Å². The minimum absolute atomic E-state index is 0.0499. The summed E-state index contributed by atoms with van der Waals surface area (Å²) in [5, 5.41) is 6.17. The SMILES string of the molecule is CC(CN1CCCC1C)NC(=O)c1ccc(-c2noc(C(F)(F)F)n2)cn1. The Bertz CT molecular complexity index is 791. The van der Waals surface area contributed by atoms with Crippen molar-refractivity contribution in [2.24, 2.45) is 0 Å². The van der Waals surface area contributed by atoms with Crippen molar-refractivity contribution in [1.82, 2.24) is 25.3 Å². The van der Waals surface area contributed by atoms with Crippen LogP contribution >= 0.6 is 0 Å². The van der Waals surface area contributed by atoms with Gasteiger partial charge in [-0.05, 0) is 45.4 Å². The van der Waals surface area contributed by atoms with Crippen LogP contribution in [0.2, 0.25) is 0 Å². The second kappa shape index (κ2) is 7.63. The summed E-state index contributed by atoms with van der Waals surface area (Å²) in [7, 11) is 0. The Kier molecular flexibility index (Phi) is 5.45. The third kappa shape index (κ3) is 4.62. The van der Waals surface area contributed by atoms with E-state index in [9.17, 15) is 18.0 Å². The van der Waals surface area contributed by atoms with Crippen molar-refractivity contribution < 1.29 is 22.5 Å². The molecule has 0 bridgehead atoms. The number of aromatic nitrogens is 3. The first-order valence-electron chi connectivity index (χ1n) is 8.66. The molecule has 1 saturated heterocycles. The lowest BCUT2D eigenvalue weighted by molar-refractivity contribution is -0.159. The van der Waals surface area contributed by atoms with Gasteiger partial charge in [-0.1, -0.05) is 5.16 Å².